The zero-order valence-corrected chi connectivity index (χ0v) is 19.7. The third kappa shape index (κ3) is 4.38. The maximum Gasteiger partial charge on any atom is 0.249 e. The average molecular weight is 470 g/mol. The van der Waals surface area contributed by atoms with Gasteiger partial charge in [-0.25, -0.2) is 0 Å². The molecule has 2 amide bonds. The first-order chi connectivity index (χ1) is 17.1. The summed E-state index contributed by atoms with van der Waals surface area (Å²) in [6.45, 7) is 2.15. The second-order valence-corrected chi connectivity index (χ2v) is 8.72. The van der Waals surface area contributed by atoms with Gasteiger partial charge in [-0.1, -0.05) is 54.6 Å². The van der Waals surface area contributed by atoms with E-state index >= 15 is 0 Å². The van der Waals surface area contributed by atoms with E-state index in [1.54, 1.807) is 18.9 Å². The summed E-state index contributed by atoms with van der Waals surface area (Å²) >= 11 is 0. The van der Waals surface area contributed by atoms with Crippen LogP contribution in [0.4, 0.5) is 5.69 Å². The van der Waals surface area contributed by atoms with Gasteiger partial charge in [-0.05, 0) is 60.0 Å². The summed E-state index contributed by atoms with van der Waals surface area (Å²) < 4.78 is 0. The van der Waals surface area contributed by atoms with E-state index in [4.69, 9.17) is 0 Å². The van der Waals surface area contributed by atoms with Crippen molar-refractivity contribution in [1.29, 1.82) is 0 Å². The Labute approximate surface area is 202 Å². The lowest BCUT2D eigenvalue weighted by Gasteiger charge is -2.27. The van der Waals surface area contributed by atoms with Crippen LogP contribution in [0, 0.1) is 0 Å². The van der Waals surface area contributed by atoms with Crippen LogP contribution < -0.4 is 15.5 Å². The van der Waals surface area contributed by atoms with E-state index in [0.29, 0.717) is 25.2 Å². The number of hydrogen-bond donors (Lipinski definition) is 3. The van der Waals surface area contributed by atoms with Crippen LogP contribution in [0.2, 0.25) is 0 Å². The van der Waals surface area contributed by atoms with Crippen LogP contribution in [-0.2, 0) is 22.6 Å². The van der Waals surface area contributed by atoms with Gasteiger partial charge in [-0.15, -0.1) is 10.2 Å². The number of rotatable bonds is 6. The molecule has 1 aliphatic heterocycles. The Balaban J connectivity index is 1.54. The van der Waals surface area contributed by atoms with E-state index < -0.39 is 6.04 Å². The van der Waals surface area contributed by atoms with Crippen molar-refractivity contribution in [3.8, 4) is 11.4 Å². The van der Waals surface area contributed by atoms with Crippen LogP contribution in [0.3, 0.4) is 0 Å². The molecule has 0 radical (unpaired) electrons. The molecule has 2 heterocycles. The normalized spacial score (nSPS) is 16.6. The van der Waals surface area contributed by atoms with E-state index in [0.717, 1.165) is 33.2 Å². The molecule has 35 heavy (non-hydrogen) atoms. The van der Waals surface area contributed by atoms with Crippen molar-refractivity contribution in [2.24, 2.45) is 0 Å². The first kappa shape index (κ1) is 22.7. The number of tetrazole rings is 1. The molecule has 0 spiro atoms. The van der Waals surface area contributed by atoms with Crippen LogP contribution in [0.1, 0.15) is 24.5 Å². The fraction of sp³-hybridized carbons (Fsp3) is 0.269. The third-order valence-corrected chi connectivity index (χ3v) is 6.62. The molecular weight excluding hydrogens is 442 g/mol. The molecule has 3 N–H and O–H groups in total. The number of anilines is 1. The van der Waals surface area contributed by atoms with Crippen LogP contribution >= 0.6 is 0 Å². The van der Waals surface area contributed by atoms with Gasteiger partial charge in [0.15, 0.2) is 0 Å². The quantitative estimate of drug-likeness (QED) is 0.400. The molecule has 178 valence electrons. The molecule has 5 rings (SSSR count). The SMILES string of the molecule is CN[C@@H](C)C(=O)N[C@H]1CCc2ccccc2N(Cc2cccc3c(-c4nn[nH]n4)cccc23)C1=O. The van der Waals surface area contributed by atoms with Gasteiger partial charge in [-0.3, -0.25) is 9.59 Å². The van der Waals surface area contributed by atoms with Gasteiger partial charge in [0, 0.05) is 11.3 Å². The molecule has 0 saturated heterocycles. The summed E-state index contributed by atoms with van der Waals surface area (Å²) in [7, 11) is 1.73. The van der Waals surface area contributed by atoms with Crippen molar-refractivity contribution in [3.63, 3.8) is 0 Å². The fourth-order valence-electron chi connectivity index (χ4n) is 4.59. The zero-order valence-electron chi connectivity index (χ0n) is 19.7. The molecule has 3 aromatic carbocycles. The molecule has 0 unspecified atom stereocenters. The second-order valence-electron chi connectivity index (χ2n) is 8.72. The Morgan fingerprint density at radius 3 is 2.71 bits per heavy atom. The van der Waals surface area contributed by atoms with Gasteiger partial charge in [0.2, 0.25) is 17.6 Å². The standard InChI is InChI=1S/C26H27N7O2/c1-16(27-2)25(34)28-22-14-13-17-7-3-4-12-23(17)33(26(22)35)15-18-8-5-10-20-19(18)9-6-11-21(20)24-29-31-32-30-24/h3-12,16,22,27H,13-15H2,1-2H3,(H,28,34)(H,29,30,31,32)/t16-,22-/m0/s1. The molecule has 0 bridgehead atoms. The second kappa shape index (κ2) is 9.63. The summed E-state index contributed by atoms with van der Waals surface area (Å²) in [5.41, 5.74) is 3.83. The molecule has 1 aliphatic rings. The van der Waals surface area contributed by atoms with Crippen LogP contribution in [-0.4, -0.2) is 51.6 Å². The number of carbonyl (C=O) groups is 2. The van der Waals surface area contributed by atoms with Crippen LogP contribution in [0.15, 0.2) is 60.7 Å². The fourth-order valence-corrected chi connectivity index (χ4v) is 4.59. The van der Waals surface area contributed by atoms with Crippen LogP contribution in [0.5, 0.6) is 0 Å². The minimum atomic E-state index is -0.601. The largest absolute Gasteiger partial charge is 0.343 e. The Hall–Kier alpha value is -4.11. The first-order valence-electron chi connectivity index (χ1n) is 11.7. The van der Waals surface area contributed by atoms with Crippen molar-refractivity contribution in [1.82, 2.24) is 31.3 Å². The van der Waals surface area contributed by atoms with Gasteiger partial charge in [0.25, 0.3) is 0 Å². The minimum absolute atomic E-state index is 0.113. The van der Waals surface area contributed by atoms with Crippen molar-refractivity contribution in [3.05, 3.63) is 71.8 Å². The smallest absolute Gasteiger partial charge is 0.249 e. The molecule has 9 nitrogen and oxygen atoms in total. The summed E-state index contributed by atoms with van der Waals surface area (Å²) in [4.78, 5) is 28.2. The first-order valence-corrected chi connectivity index (χ1v) is 11.7. The van der Waals surface area contributed by atoms with Gasteiger partial charge in [0.1, 0.15) is 6.04 Å². The van der Waals surface area contributed by atoms with Crippen molar-refractivity contribution >= 4 is 28.3 Å². The number of aromatic amines is 1. The summed E-state index contributed by atoms with van der Waals surface area (Å²) in [5, 5.41) is 22.4. The average Bonchev–Trinajstić information content (AvgIpc) is 3.39. The van der Waals surface area contributed by atoms with Gasteiger partial charge < -0.3 is 15.5 Å². The Bertz CT molecular complexity index is 1370. The highest BCUT2D eigenvalue weighted by atomic mass is 16.2. The Morgan fingerprint density at radius 2 is 1.91 bits per heavy atom. The van der Waals surface area contributed by atoms with Crippen molar-refractivity contribution < 1.29 is 9.59 Å². The molecule has 0 fully saturated rings. The summed E-state index contributed by atoms with van der Waals surface area (Å²) in [6.07, 6.45) is 1.25. The maximum absolute atomic E-state index is 13.8. The summed E-state index contributed by atoms with van der Waals surface area (Å²) in [5.74, 6) is 0.218. The number of nitrogens with zero attached hydrogens (tertiary/aromatic N) is 4. The van der Waals surface area contributed by atoms with E-state index in [1.165, 1.54) is 0 Å². The molecular formula is C26H27N7O2. The number of aryl methyl sites for hydroxylation is 1. The molecule has 2 atom stereocenters. The predicted molar refractivity (Wildman–Crippen MR) is 134 cm³/mol. The topological polar surface area (TPSA) is 116 Å². The molecule has 9 heteroatoms. The van der Waals surface area contributed by atoms with Gasteiger partial charge in [-0.2, -0.15) is 5.21 Å². The zero-order chi connectivity index (χ0) is 24.4. The number of benzene rings is 3. The van der Waals surface area contributed by atoms with Crippen LogP contribution in [0.25, 0.3) is 22.2 Å². The lowest BCUT2D eigenvalue weighted by Crippen LogP contribution is -2.52. The van der Waals surface area contributed by atoms with Gasteiger partial charge >= 0.3 is 0 Å². The number of hydrogen-bond acceptors (Lipinski definition) is 6. The van der Waals surface area contributed by atoms with E-state index in [9.17, 15) is 9.59 Å². The molecule has 0 saturated carbocycles. The number of H-pyrrole nitrogens is 1. The highest BCUT2D eigenvalue weighted by Gasteiger charge is 2.32. The lowest BCUT2D eigenvalue weighted by molar-refractivity contribution is -0.128. The number of carbonyl (C=O) groups excluding carboxylic acids is 2. The molecule has 4 aromatic rings. The predicted octanol–water partition coefficient (Wildman–Crippen LogP) is 2.59. The Kier molecular flexibility index (Phi) is 6.24. The van der Waals surface area contributed by atoms with Gasteiger partial charge in [0.05, 0.1) is 12.6 Å². The van der Waals surface area contributed by atoms with E-state index in [-0.39, 0.29) is 17.9 Å². The number of likely N-dealkylation sites (N-methyl/N-ethyl adjacent to an activating group) is 1. The number of aromatic nitrogens is 4. The number of fused-ring (bicyclic) bond motifs is 2. The molecule has 0 aliphatic carbocycles. The van der Waals surface area contributed by atoms with E-state index in [2.05, 4.69) is 31.3 Å². The highest BCUT2D eigenvalue weighted by Crippen LogP contribution is 2.32. The monoisotopic (exact) mass is 469 g/mol. The molecule has 1 aromatic heterocycles. The highest BCUT2D eigenvalue weighted by molar-refractivity contribution is 6.02. The van der Waals surface area contributed by atoms with Crippen molar-refractivity contribution in [2.45, 2.75) is 38.4 Å². The minimum Gasteiger partial charge on any atom is -0.343 e. The van der Waals surface area contributed by atoms with Crippen molar-refractivity contribution in [2.75, 3.05) is 11.9 Å². The number of nitrogens with one attached hydrogen (secondary N) is 3. The Morgan fingerprint density at radius 1 is 1.11 bits per heavy atom. The lowest BCUT2D eigenvalue weighted by atomic mass is 9.99. The van der Waals surface area contributed by atoms with E-state index in [1.807, 2.05) is 60.7 Å². The number of para-hydroxylation sites is 1. The maximum atomic E-state index is 13.8. The number of amides is 2. The third-order valence-electron chi connectivity index (χ3n) is 6.62. The summed E-state index contributed by atoms with van der Waals surface area (Å²) in [6, 6.07) is 18.9.